The molecule has 19 heavy (non-hydrogen) atoms. The standard InChI is InChI=1S/C12H11ClN4OS/c1-2-10-16-11(18-17-10)6-19-12-14-8-4-3-7(13)5-9(8)15-12/h3-5H,2,6H2,1H3,(H,14,15). The molecule has 0 unspecified atom stereocenters. The number of benzene rings is 1. The first-order chi connectivity index (χ1) is 9.24. The van der Waals surface area contributed by atoms with E-state index in [4.69, 9.17) is 16.1 Å². The third-order valence-electron chi connectivity index (χ3n) is 2.58. The predicted octanol–water partition coefficient (Wildman–Crippen LogP) is 3.45. The monoisotopic (exact) mass is 294 g/mol. The topological polar surface area (TPSA) is 67.6 Å². The average molecular weight is 295 g/mol. The Hall–Kier alpha value is -1.53. The number of nitrogens with zero attached hydrogens (tertiary/aromatic N) is 3. The Balaban J connectivity index is 1.74. The molecular formula is C12H11ClN4OS. The van der Waals surface area contributed by atoms with Gasteiger partial charge in [-0.15, -0.1) is 0 Å². The van der Waals surface area contributed by atoms with Crippen LogP contribution in [-0.4, -0.2) is 20.1 Å². The molecule has 98 valence electrons. The summed E-state index contributed by atoms with van der Waals surface area (Å²) >= 11 is 7.45. The molecule has 0 amide bonds. The summed E-state index contributed by atoms with van der Waals surface area (Å²) in [6, 6.07) is 5.57. The number of imidazole rings is 1. The lowest BCUT2D eigenvalue weighted by Gasteiger charge is -1.90. The van der Waals surface area contributed by atoms with Crippen LogP contribution >= 0.6 is 23.4 Å². The van der Waals surface area contributed by atoms with E-state index >= 15 is 0 Å². The van der Waals surface area contributed by atoms with Gasteiger partial charge in [0.25, 0.3) is 0 Å². The van der Waals surface area contributed by atoms with Gasteiger partial charge in [0.1, 0.15) is 0 Å². The minimum atomic E-state index is 0.598. The molecule has 2 aromatic heterocycles. The summed E-state index contributed by atoms with van der Waals surface area (Å²) in [5.74, 6) is 1.94. The van der Waals surface area contributed by atoms with E-state index in [-0.39, 0.29) is 0 Å². The number of hydrogen-bond acceptors (Lipinski definition) is 5. The molecule has 3 aromatic rings. The van der Waals surface area contributed by atoms with E-state index in [2.05, 4.69) is 20.1 Å². The highest BCUT2D eigenvalue weighted by Crippen LogP contribution is 2.24. The van der Waals surface area contributed by atoms with E-state index in [0.29, 0.717) is 16.7 Å². The van der Waals surface area contributed by atoms with Crippen LogP contribution in [0.3, 0.4) is 0 Å². The average Bonchev–Trinajstić information content (AvgIpc) is 3.01. The number of H-pyrrole nitrogens is 1. The lowest BCUT2D eigenvalue weighted by atomic mass is 10.3. The highest BCUT2D eigenvalue weighted by atomic mass is 35.5. The summed E-state index contributed by atoms with van der Waals surface area (Å²) in [6.45, 7) is 1.99. The van der Waals surface area contributed by atoms with Gasteiger partial charge >= 0.3 is 0 Å². The summed E-state index contributed by atoms with van der Waals surface area (Å²) in [5, 5.41) is 5.36. The molecule has 0 fully saturated rings. The Morgan fingerprint density at radius 3 is 3.05 bits per heavy atom. The van der Waals surface area contributed by atoms with E-state index in [1.54, 1.807) is 0 Å². The Morgan fingerprint density at radius 2 is 2.26 bits per heavy atom. The molecule has 3 rings (SSSR count). The summed E-state index contributed by atoms with van der Waals surface area (Å²) in [5.41, 5.74) is 1.82. The number of aromatic amines is 1. The van der Waals surface area contributed by atoms with Crippen molar-refractivity contribution < 1.29 is 4.52 Å². The summed E-state index contributed by atoms with van der Waals surface area (Å²) in [4.78, 5) is 11.9. The zero-order valence-electron chi connectivity index (χ0n) is 10.2. The van der Waals surface area contributed by atoms with Crippen LogP contribution in [0, 0.1) is 0 Å². The van der Waals surface area contributed by atoms with Crippen molar-refractivity contribution in [1.82, 2.24) is 20.1 Å². The molecule has 0 aliphatic rings. The highest BCUT2D eigenvalue weighted by Gasteiger charge is 2.08. The van der Waals surface area contributed by atoms with Crippen LogP contribution < -0.4 is 0 Å². The van der Waals surface area contributed by atoms with Crippen LogP contribution in [0.15, 0.2) is 27.9 Å². The summed E-state index contributed by atoms with van der Waals surface area (Å²) in [6.07, 6.45) is 0.775. The van der Waals surface area contributed by atoms with E-state index in [1.165, 1.54) is 11.8 Å². The zero-order chi connectivity index (χ0) is 13.2. The summed E-state index contributed by atoms with van der Waals surface area (Å²) in [7, 11) is 0. The van der Waals surface area contributed by atoms with Crippen molar-refractivity contribution >= 4 is 34.4 Å². The minimum Gasteiger partial charge on any atom is -0.338 e. The maximum atomic E-state index is 5.93. The molecule has 0 saturated heterocycles. The van der Waals surface area contributed by atoms with Crippen LogP contribution in [-0.2, 0) is 12.2 Å². The first-order valence-electron chi connectivity index (χ1n) is 5.84. The third kappa shape index (κ3) is 2.74. The van der Waals surface area contributed by atoms with Crippen molar-refractivity contribution in [3.05, 3.63) is 34.9 Å². The predicted molar refractivity (Wildman–Crippen MR) is 74.3 cm³/mol. The zero-order valence-corrected chi connectivity index (χ0v) is 11.8. The quantitative estimate of drug-likeness (QED) is 0.746. The van der Waals surface area contributed by atoms with Gasteiger partial charge in [-0.2, -0.15) is 4.98 Å². The Labute approximate surface area is 118 Å². The van der Waals surface area contributed by atoms with Crippen LogP contribution in [0.1, 0.15) is 18.6 Å². The van der Waals surface area contributed by atoms with Gasteiger partial charge in [-0.1, -0.05) is 35.4 Å². The van der Waals surface area contributed by atoms with Gasteiger partial charge in [-0.3, -0.25) is 0 Å². The largest absolute Gasteiger partial charge is 0.338 e. The smallest absolute Gasteiger partial charge is 0.237 e. The van der Waals surface area contributed by atoms with Gasteiger partial charge in [0.05, 0.1) is 16.8 Å². The van der Waals surface area contributed by atoms with Gasteiger partial charge in [-0.25, -0.2) is 4.98 Å². The van der Waals surface area contributed by atoms with Crippen molar-refractivity contribution in [2.75, 3.05) is 0 Å². The Bertz CT molecular complexity index is 709. The molecule has 0 saturated carbocycles. The maximum Gasteiger partial charge on any atom is 0.237 e. The number of hydrogen-bond donors (Lipinski definition) is 1. The van der Waals surface area contributed by atoms with E-state index < -0.39 is 0 Å². The second kappa shape index (κ2) is 5.22. The molecule has 0 radical (unpaired) electrons. The molecule has 5 nitrogen and oxygen atoms in total. The van der Waals surface area contributed by atoms with E-state index in [9.17, 15) is 0 Å². The normalized spacial score (nSPS) is 11.3. The van der Waals surface area contributed by atoms with Gasteiger partial charge in [-0.05, 0) is 18.2 Å². The second-order valence-electron chi connectivity index (χ2n) is 3.95. The third-order valence-corrected chi connectivity index (χ3v) is 3.67. The number of rotatable bonds is 4. The fourth-order valence-corrected chi connectivity index (χ4v) is 2.54. The molecule has 0 aliphatic carbocycles. The molecule has 7 heteroatoms. The van der Waals surface area contributed by atoms with E-state index in [0.717, 1.165) is 28.4 Å². The Kier molecular flexibility index (Phi) is 3.44. The summed E-state index contributed by atoms with van der Waals surface area (Å²) < 4.78 is 5.13. The van der Waals surface area contributed by atoms with Gasteiger partial charge in [0.15, 0.2) is 11.0 Å². The molecule has 1 aromatic carbocycles. The molecule has 0 aliphatic heterocycles. The van der Waals surface area contributed by atoms with Crippen LogP contribution in [0.4, 0.5) is 0 Å². The number of aryl methyl sites for hydroxylation is 1. The molecule has 1 N–H and O–H groups in total. The molecule has 0 atom stereocenters. The lowest BCUT2D eigenvalue weighted by Crippen LogP contribution is -1.84. The van der Waals surface area contributed by atoms with Crippen molar-refractivity contribution in [3.63, 3.8) is 0 Å². The number of thioether (sulfide) groups is 1. The highest BCUT2D eigenvalue weighted by molar-refractivity contribution is 7.98. The molecule has 2 heterocycles. The van der Waals surface area contributed by atoms with Crippen molar-refractivity contribution in [3.8, 4) is 0 Å². The van der Waals surface area contributed by atoms with Crippen LogP contribution in [0.25, 0.3) is 11.0 Å². The van der Waals surface area contributed by atoms with Gasteiger partial charge < -0.3 is 9.51 Å². The van der Waals surface area contributed by atoms with Gasteiger partial charge in [0, 0.05) is 11.4 Å². The van der Waals surface area contributed by atoms with E-state index in [1.807, 2.05) is 25.1 Å². The van der Waals surface area contributed by atoms with Crippen molar-refractivity contribution in [2.24, 2.45) is 0 Å². The first-order valence-corrected chi connectivity index (χ1v) is 7.20. The SMILES string of the molecule is CCc1noc(CSc2nc3ccc(Cl)cc3[nH]2)n1. The fraction of sp³-hybridized carbons (Fsp3) is 0.250. The lowest BCUT2D eigenvalue weighted by molar-refractivity contribution is 0.385. The Morgan fingerprint density at radius 1 is 1.37 bits per heavy atom. The number of halogens is 1. The number of nitrogens with one attached hydrogen (secondary N) is 1. The number of fused-ring (bicyclic) bond motifs is 1. The van der Waals surface area contributed by atoms with Crippen molar-refractivity contribution in [2.45, 2.75) is 24.3 Å². The minimum absolute atomic E-state index is 0.598. The van der Waals surface area contributed by atoms with Crippen LogP contribution in [0.2, 0.25) is 5.02 Å². The van der Waals surface area contributed by atoms with Gasteiger partial charge in [0.2, 0.25) is 5.89 Å². The first kappa shape index (κ1) is 12.5. The molecule has 0 spiro atoms. The number of aromatic nitrogens is 4. The maximum absolute atomic E-state index is 5.93. The molecule has 0 bridgehead atoms. The fourth-order valence-electron chi connectivity index (χ4n) is 1.65. The second-order valence-corrected chi connectivity index (χ2v) is 5.35. The van der Waals surface area contributed by atoms with Crippen molar-refractivity contribution in [1.29, 1.82) is 0 Å². The molecular weight excluding hydrogens is 284 g/mol. The van der Waals surface area contributed by atoms with Crippen LogP contribution in [0.5, 0.6) is 0 Å².